The summed E-state index contributed by atoms with van der Waals surface area (Å²) in [5.74, 6) is -2.19. The molecule has 1 saturated heterocycles. The van der Waals surface area contributed by atoms with Gasteiger partial charge in [-0.25, -0.2) is 19.2 Å². The SMILES string of the molecule is Cc1cn([14C@H]2O[C@H](COC(=O)c3ccccc3)[C@@H](OC(=O)c3ccccc3)[C@H]2OC(=O)c2ccccc2)c(=O)[nH]c1=O. The van der Waals surface area contributed by atoms with Crippen molar-refractivity contribution in [2.24, 2.45) is 0 Å². The lowest BCUT2D eigenvalue weighted by Gasteiger charge is -2.25. The fourth-order valence-corrected chi connectivity index (χ4v) is 4.46. The van der Waals surface area contributed by atoms with Crippen molar-refractivity contribution in [3.63, 3.8) is 0 Å². The molecule has 1 aliphatic rings. The van der Waals surface area contributed by atoms with Crippen LogP contribution in [0.3, 0.4) is 0 Å². The molecule has 0 spiro atoms. The number of carbonyl (C=O) groups excluding carboxylic acids is 3. The molecule has 4 aromatic rings. The molecule has 0 unspecified atom stereocenters. The Morgan fingerprint density at radius 3 is 1.83 bits per heavy atom. The summed E-state index contributed by atoms with van der Waals surface area (Å²) in [6.07, 6.45) is -3.96. The van der Waals surface area contributed by atoms with Gasteiger partial charge in [0.05, 0.1) is 16.7 Å². The summed E-state index contributed by atoms with van der Waals surface area (Å²) in [7, 11) is 0. The van der Waals surface area contributed by atoms with Gasteiger partial charge in [-0.3, -0.25) is 14.3 Å². The smallest absolute Gasteiger partial charge is 0.338 e. The normalized spacial score (nSPS) is 19.5. The number of rotatable bonds is 8. The number of benzene rings is 3. The number of esters is 3. The van der Waals surface area contributed by atoms with Crippen molar-refractivity contribution in [3.05, 3.63) is 140 Å². The molecule has 11 heteroatoms. The van der Waals surface area contributed by atoms with Crippen LogP contribution in [0.5, 0.6) is 0 Å². The first kappa shape index (κ1) is 28.2. The molecule has 1 aliphatic heterocycles. The molecule has 4 atom stereocenters. The highest BCUT2D eigenvalue weighted by atomic mass is 16.8. The average molecular weight is 573 g/mol. The summed E-state index contributed by atoms with van der Waals surface area (Å²) in [6.45, 7) is 1.08. The number of carbonyl (C=O) groups is 3. The van der Waals surface area contributed by atoms with E-state index in [4.69, 9.17) is 18.9 Å². The van der Waals surface area contributed by atoms with E-state index in [0.29, 0.717) is 0 Å². The van der Waals surface area contributed by atoms with Gasteiger partial charge >= 0.3 is 23.6 Å². The lowest BCUT2D eigenvalue weighted by Crippen LogP contribution is -2.43. The number of nitrogens with one attached hydrogen (secondary N) is 1. The number of H-pyrrole nitrogens is 1. The van der Waals surface area contributed by atoms with E-state index in [1.165, 1.54) is 25.3 Å². The Balaban J connectivity index is 1.52. The highest BCUT2D eigenvalue weighted by Crippen LogP contribution is 2.34. The molecule has 0 bridgehead atoms. The van der Waals surface area contributed by atoms with E-state index in [-0.39, 0.29) is 22.3 Å². The summed E-state index contributed by atoms with van der Waals surface area (Å²) in [5, 5.41) is 0. The van der Waals surface area contributed by atoms with Crippen LogP contribution in [0.2, 0.25) is 0 Å². The molecule has 42 heavy (non-hydrogen) atoms. The van der Waals surface area contributed by atoms with Crippen molar-refractivity contribution in [1.82, 2.24) is 9.55 Å². The number of aromatic nitrogens is 2. The minimum atomic E-state index is -1.38. The van der Waals surface area contributed by atoms with E-state index in [9.17, 15) is 24.0 Å². The van der Waals surface area contributed by atoms with Crippen LogP contribution in [0, 0.1) is 6.92 Å². The number of aromatic amines is 1. The molecule has 0 aliphatic carbocycles. The molecule has 0 radical (unpaired) electrons. The summed E-state index contributed by atoms with van der Waals surface area (Å²) in [5.41, 5.74) is -0.564. The number of nitrogens with zero attached hydrogens (tertiary/aromatic N) is 1. The Labute approximate surface area is 239 Å². The minimum Gasteiger partial charge on any atom is -0.459 e. The maximum Gasteiger partial charge on any atom is 0.338 e. The third-order valence-corrected chi connectivity index (χ3v) is 6.60. The maximum atomic E-state index is 13.2. The van der Waals surface area contributed by atoms with E-state index < -0.39 is 60.3 Å². The Hall–Kier alpha value is -5.29. The van der Waals surface area contributed by atoms with Gasteiger partial charge in [-0.05, 0) is 43.3 Å². The van der Waals surface area contributed by atoms with Crippen LogP contribution in [0.25, 0.3) is 0 Å². The summed E-state index contributed by atoms with van der Waals surface area (Å²) in [4.78, 5) is 66.2. The zero-order chi connectivity index (χ0) is 29.6. The molecule has 1 aromatic heterocycles. The van der Waals surface area contributed by atoms with Crippen molar-refractivity contribution in [3.8, 4) is 0 Å². The Morgan fingerprint density at radius 2 is 1.29 bits per heavy atom. The quantitative estimate of drug-likeness (QED) is 0.249. The van der Waals surface area contributed by atoms with Crippen molar-refractivity contribution < 1.29 is 33.3 Å². The standard InChI is InChI=1S/C31H26N2O9/c1-19-17-33(31(38)32-26(19)34)27-25(42-30(37)22-15-9-4-10-16-22)24(41-29(36)21-13-7-3-8-14-21)23(40-27)18-39-28(35)20-11-5-2-6-12-20/h2-17,23-25,27H,18H2,1H3,(H,32,34,38)/t23-,24-,25-,27+/m1/s1/i27+2. The highest BCUT2D eigenvalue weighted by Gasteiger charge is 2.51. The molecule has 0 amide bonds. The zero-order valence-electron chi connectivity index (χ0n) is 22.4. The lowest BCUT2D eigenvalue weighted by atomic mass is 10.1. The van der Waals surface area contributed by atoms with Crippen molar-refractivity contribution in [2.75, 3.05) is 6.61 Å². The van der Waals surface area contributed by atoms with Crippen LogP contribution in [0.15, 0.2) is 107 Å². The van der Waals surface area contributed by atoms with E-state index in [1.807, 2.05) is 0 Å². The monoisotopic (exact) mass is 572 g/mol. The van der Waals surface area contributed by atoms with Crippen LogP contribution in [-0.2, 0) is 18.9 Å². The van der Waals surface area contributed by atoms with E-state index in [1.54, 1.807) is 78.9 Å². The number of ether oxygens (including phenoxy) is 4. The lowest BCUT2D eigenvalue weighted by molar-refractivity contribution is -0.0640. The van der Waals surface area contributed by atoms with Crippen LogP contribution in [0.4, 0.5) is 0 Å². The zero-order valence-corrected chi connectivity index (χ0v) is 22.4. The van der Waals surface area contributed by atoms with Crippen molar-refractivity contribution >= 4 is 17.9 Å². The molecule has 1 N–H and O–H groups in total. The van der Waals surface area contributed by atoms with E-state index in [2.05, 4.69) is 4.98 Å². The van der Waals surface area contributed by atoms with Gasteiger partial charge in [-0.15, -0.1) is 0 Å². The molecular weight excluding hydrogens is 546 g/mol. The first-order valence-electron chi connectivity index (χ1n) is 13.0. The molecule has 5 rings (SSSR count). The van der Waals surface area contributed by atoms with E-state index in [0.717, 1.165) is 4.57 Å². The number of hydrogen-bond acceptors (Lipinski definition) is 9. The Morgan fingerprint density at radius 1 is 0.786 bits per heavy atom. The summed E-state index contributed by atoms with van der Waals surface area (Å²) < 4.78 is 24.3. The fraction of sp³-hybridized carbons (Fsp3) is 0.194. The van der Waals surface area contributed by atoms with Gasteiger partial charge in [0.25, 0.3) is 5.56 Å². The Bertz CT molecular complexity index is 1680. The third-order valence-electron chi connectivity index (χ3n) is 6.60. The summed E-state index contributed by atoms with van der Waals surface area (Å²) >= 11 is 0. The van der Waals surface area contributed by atoms with Gasteiger partial charge in [-0.2, -0.15) is 0 Å². The first-order chi connectivity index (χ1) is 20.3. The summed E-state index contributed by atoms with van der Waals surface area (Å²) in [6, 6.07) is 24.4. The number of aryl methyl sites for hydroxylation is 1. The topological polar surface area (TPSA) is 143 Å². The highest BCUT2D eigenvalue weighted by molar-refractivity contribution is 5.91. The molecule has 2 heterocycles. The third kappa shape index (κ3) is 6.21. The number of hydrogen-bond donors (Lipinski definition) is 1. The predicted molar refractivity (Wildman–Crippen MR) is 148 cm³/mol. The van der Waals surface area contributed by atoms with E-state index >= 15 is 0 Å². The van der Waals surface area contributed by atoms with Gasteiger partial charge in [0, 0.05) is 11.8 Å². The van der Waals surface area contributed by atoms with Gasteiger partial charge in [0.1, 0.15) is 12.7 Å². The van der Waals surface area contributed by atoms with Gasteiger partial charge in [-0.1, -0.05) is 54.6 Å². The largest absolute Gasteiger partial charge is 0.459 e. The van der Waals surface area contributed by atoms with Gasteiger partial charge < -0.3 is 18.9 Å². The second kappa shape index (κ2) is 12.5. The van der Waals surface area contributed by atoms with Gasteiger partial charge in [0.2, 0.25) is 0 Å². The molecule has 214 valence electrons. The Kier molecular flexibility index (Phi) is 8.39. The molecular formula is C31H26N2O9. The maximum absolute atomic E-state index is 13.2. The molecule has 1 fully saturated rings. The van der Waals surface area contributed by atoms with Crippen LogP contribution in [0.1, 0.15) is 42.9 Å². The van der Waals surface area contributed by atoms with Gasteiger partial charge in [0.15, 0.2) is 18.4 Å². The molecule has 0 saturated carbocycles. The van der Waals surface area contributed by atoms with Crippen molar-refractivity contribution in [2.45, 2.75) is 31.5 Å². The van der Waals surface area contributed by atoms with Crippen LogP contribution in [-0.4, -0.2) is 52.4 Å². The average Bonchev–Trinajstić information content (AvgIpc) is 3.34. The molecule has 11 nitrogen and oxygen atoms in total. The van der Waals surface area contributed by atoms with Crippen LogP contribution < -0.4 is 11.2 Å². The predicted octanol–water partition coefficient (Wildman–Crippen LogP) is 3.05. The second-order valence-electron chi connectivity index (χ2n) is 9.48. The fourth-order valence-electron chi connectivity index (χ4n) is 4.46. The second-order valence-corrected chi connectivity index (χ2v) is 9.48. The molecule has 3 aromatic carbocycles. The van der Waals surface area contributed by atoms with Crippen molar-refractivity contribution in [1.29, 1.82) is 0 Å². The minimum absolute atomic E-state index is 0.183. The van der Waals surface area contributed by atoms with Crippen LogP contribution >= 0.6 is 0 Å². The first-order valence-corrected chi connectivity index (χ1v) is 13.0.